The maximum Gasteiger partial charge on any atom is 0.251 e. The Kier molecular flexibility index (Phi) is 7.20. The van der Waals surface area contributed by atoms with Crippen molar-refractivity contribution in [1.29, 1.82) is 0 Å². The van der Waals surface area contributed by atoms with E-state index in [2.05, 4.69) is 5.32 Å². The van der Waals surface area contributed by atoms with Gasteiger partial charge in [0, 0.05) is 17.1 Å². The monoisotopic (exact) mass is 458 g/mol. The van der Waals surface area contributed by atoms with Crippen LogP contribution in [0.25, 0.3) is 0 Å². The second-order valence-corrected chi connectivity index (χ2v) is 9.32. The average Bonchev–Trinajstić information content (AvgIpc) is 2.75. The van der Waals surface area contributed by atoms with E-state index in [1.165, 1.54) is 4.31 Å². The van der Waals surface area contributed by atoms with E-state index < -0.39 is 10.0 Å². The topological polar surface area (TPSA) is 75.7 Å². The van der Waals surface area contributed by atoms with Gasteiger partial charge in [0.2, 0.25) is 10.0 Å². The molecule has 8 heteroatoms. The second kappa shape index (κ2) is 9.85. The van der Waals surface area contributed by atoms with Gasteiger partial charge in [0.1, 0.15) is 5.75 Å². The Morgan fingerprint density at radius 2 is 1.65 bits per heavy atom. The van der Waals surface area contributed by atoms with Gasteiger partial charge in [-0.05, 0) is 53.6 Å². The molecule has 31 heavy (non-hydrogen) atoms. The summed E-state index contributed by atoms with van der Waals surface area (Å²) in [6.07, 6.45) is 1.15. The fourth-order valence-corrected chi connectivity index (χ4v) is 4.05. The highest BCUT2D eigenvalue weighted by atomic mass is 35.5. The highest BCUT2D eigenvalue weighted by Gasteiger charge is 2.18. The predicted molar refractivity (Wildman–Crippen MR) is 123 cm³/mol. The zero-order valence-corrected chi connectivity index (χ0v) is 18.8. The highest BCUT2D eigenvalue weighted by Crippen LogP contribution is 2.24. The van der Waals surface area contributed by atoms with Gasteiger partial charge in [-0.3, -0.25) is 9.10 Å². The van der Waals surface area contributed by atoms with Crippen molar-refractivity contribution in [3.8, 4) is 5.75 Å². The van der Waals surface area contributed by atoms with Crippen LogP contribution in [0.15, 0.2) is 72.8 Å². The van der Waals surface area contributed by atoms with Crippen molar-refractivity contribution in [3.05, 3.63) is 94.5 Å². The molecular formula is C23H23ClN2O4S. The minimum Gasteiger partial charge on any atom is -0.497 e. The van der Waals surface area contributed by atoms with E-state index in [1.54, 1.807) is 55.6 Å². The zero-order chi connectivity index (χ0) is 22.4. The first-order valence-electron chi connectivity index (χ1n) is 9.49. The van der Waals surface area contributed by atoms with Crippen molar-refractivity contribution in [1.82, 2.24) is 5.32 Å². The van der Waals surface area contributed by atoms with Gasteiger partial charge in [0.15, 0.2) is 0 Å². The predicted octanol–water partition coefficient (Wildman–Crippen LogP) is 4.24. The van der Waals surface area contributed by atoms with E-state index in [0.717, 1.165) is 23.1 Å². The molecule has 3 rings (SSSR count). The number of amides is 1. The number of sulfonamides is 1. The van der Waals surface area contributed by atoms with Crippen LogP contribution in [0.3, 0.4) is 0 Å². The number of hydrogen-bond donors (Lipinski definition) is 1. The third-order valence-electron chi connectivity index (χ3n) is 4.65. The van der Waals surface area contributed by atoms with Gasteiger partial charge in [-0.15, -0.1) is 0 Å². The number of hydrogen-bond acceptors (Lipinski definition) is 4. The summed E-state index contributed by atoms with van der Waals surface area (Å²) in [5, 5.41) is 3.32. The number of ether oxygens (including phenoxy) is 1. The van der Waals surface area contributed by atoms with Crippen LogP contribution in [-0.4, -0.2) is 27.7 Å². The van der Waals surface area contributed by atoms with E-state index in [9.17, 15) is 13.2 Å². The number of carbonyl (C=O) groups is 1. The molecule has 6 nitrogen and oxygen atoms in total. The van der Waals surface area contributed by atoms with E-state index in [0.29, 0.717) is 22.8 Å². The lowest BCUT2D eigenvalue weighted by atomic mass is 10.1. The Morgan fingerprint density at radius 3 is 2.23 bits per heavy atom. The standard InChI is InChI=1S/C23H23ClN2O4S/c1-30-22-12-8-17(9-13-22)15-25-23(27)19-10-6-18(7-11-19)16-26(31(2,28)29)21-5-3-4-20(24)14-21/h3-14H,15-16H2,1-2H3,(H,25,27). The van der Waals surface area contributed by atoms with Crippen molar-refractivity contribution >= 4 is 33.2 Å². The lowest BCUT2D eigenvalue weighted by Gasteiger charge is -2.22. The van der Waals surface area contributed by atoms with Crippen molar-refractivity contribution in [2.75, 3.05) is 17.7 Å². The Hall–Kier alpha value is -3.03. The summed E-state index contributed by atoms with van der Waals surface area (Å²) in [6.45, 7) is 0.522. The summed E-state index contributed by atoms with van der Waals surface area (Å²) in [7, 11) is -1.92. The zero-order valence-electron chi connectivity index (χ0n) is 17.2. The van der Waals surface area contributed by atoms with E-state index in [1.807, 2.05) is 24.3 Å². The Labute approximate surface area is 187 Å². The molecule has 3 aromatic carbocycles. The lowest BCUT2D eigenvalue weighted by molar-refractivity contribution is 0.0951. The van der Waals surface area contributed by atoms with E-state index in [4.69, 9.17) is 16.3 Å². The van der Waals surface area contributed by atoms with E-state index in [-0.39, 0.29) is 12.5 Å². The Balaban J connectivity index is 1.67. The first kappa shape index (κ1) is 22.7. The molecule has 0 aliphatic carbocycles. The van der Waals surface area contributed by atoms with Gasteiger partial charge in [0.05, 0.1) is 25.6 Å². The number of nitrogens with one attached hydrogen (secondary N) is 1. The molecule has 0 fully saturated rings. The van der Waals surface area contributed by atoms with Crippen molar-refractivity contribution < 1.29 is 17.9 Å². The SMILES string of the molecule is COc1ccc(CNC(=O)c2ccc(CN(c3cccc(Cl)c3)S(C)(=O)=O)cc2)cc1. The number of halogens is 1. The molecule has 0 heterocycles. The van der Waals surface area contributed by atoms with Gasteiger partial charge < -0.3 is 10.1 Å². The lowest BCUT2D eigenvalue weighted by Crippen LogP contribution is -2.29. The molecule has 0 aromatic heterocycles. The number of nitrogens with zero attached hydrogens (tertiary/aromatic N) is 1. The third kappa shape index (κ3) is 6.23. The number of benzene rings is 3. The fourth-order valence-electron chi connectivity index (χ4n) is 2.99. The molecule has 0 atom stereocenters. The molecule has 0 aliphatic rings. The quantitative estimate of drug-likeness (QED) is 0.547. The number of anilines is 1. The van der Waals surface area contributed by atoms with Gasteiger partial charge in [-0.2, -0.15) is 0 Å². The molecule has 162 valence electrons. The van der Waals surface area contributed by atoms with Gasteiger partial charge in [-0.25, -0.2) is 8.42 Å². The summed E-state index contributed by atoms with van der Waals surface area (Å²) < 4.78 is 31.0. The van der Waals surface area contributed by atoms with Gasteiger partial charge in [-0.1, -0.05) is 41.9 Å². The van der Waals surface area contributed by atoms with Crippen LogP contribution in [0.4, 0.5) is 5.69 Å². The molecular weight excluding hydrogens is 436 g/mol. The molecule has 0 bridgehead atoms. The second-order valence-electron chi connectivity index (χ2n) is 6.98. The van der Waals surface area contributed by atoms with Crippen LogP contribution in [0, 0.1) is 0 Å². The molecule has 1 amide bonds. The van der Waals surface area contributed by atoms with Crippen molar-refractivity contribution in [2.45, 2.75) is 13.1 Å². The van der Waals surface area contributed by atoms with Crippen LogP contribution < -0.4 is 14.4 Å². The largest absolute Gasteiger partial charge is 0.497 e. The summed E-state index contributed by atoms with van der Waals surface area (Å²) in [4.78, 5) is 12.4. The molecule has 1 N–H and O–H groups in total. The normalized spacial score (nSPS) is 11.1. The number of methoxy groups -OCH3 is 1. The molecule has 0 saturated carbocycles. The molecule has 0 aliphatic heterocycles. The van der Waals surface area contributed by atoms with E-state index >= 15 is 0 Å². The van der Waals surface area contributed by atoms with Crippen LogP contribution in [0.1, 0.15) is 21.5 Å². The maximum absolute atomic E-state index is 12.4. The van der Waals surface area contributed by atoms with Crippen LogP contribution in [-0.2, 0) is 23.1 Å². The molecule has 0 radical (unpaired) electrons. The molecule has 0 saturated heterocycles. The maximum atomic E-state index is 12.4. The first-order valence-corrected chi connectivity index (χ1v) is 11.7. The average molecular weight is 459 g/mol. The van der Waals surface area contributed by atoms with Crippen molar-refractivity contribution in [3.63, 3.8) is 0 Å². The minimum absolute atomic E-state index is 0.132. The van der Waals surface area contributed by atoms with Gasteiger partial charge >= 0.3 is 0 Å². The van der Waals surface area contributed by atoms with Crippen molar-refractivity contribution in [2.24, 2.45) is 0 Å². The minimum atomic E-state index is -3.52. The highest BCUT2D eigenvalue weighted by molar-refractivity contribution is 7.92. The first-order chi connectivity index (χ1) is 14.8. The fraction of sp³-hybridized carbons (Fsp3) is 0.174. The van der Waals surface area contributed by atoms with Crippen LogP contribution in [0.5, 0.6) is 5.75 Å². The van der Waals surface area contributed by atoms with Gasteiger partial charge in [0.25, 0.3) is 5.91 Å². The molecule has 0 unspecified atom stereocenters. The summed E-state index contributed by atoms with van der Waals surface area (Å²) >= 11 is 6.01. The number of carbonyl (C=O) groups excluding carboxylic acids is 1. The third-order valence-corrected chi connectivity index (χ3v) is 6.03. The summed E-state index contributed by atoms with van der Waals surface area (Å²) in [6, 6.07) is 21.0. The molecule has 0 spiro atoms. The molecule has 3 aromatic rings. The smallest absolute Gasteiger partial charge is 0.251 e. The van der Waals surface area contributed by atoms with Crippen LogP contribution in [0.2, 0.25) is 5.02 Å². The number of rotatable bonds is 8. The summed E-state index contributed by atoms with van der Waals surface area (Å²) in [5.41, 5.74) is 2.68. The van der Waals surface area contributed by atoms with Crippen LogP contribution >= 0.6 is 11.6 Å². The Bertz CT molecular complexity index is 1150. The summed E-state index contributed by atoms with van der Waals surface area (Å²) in [5.74, 6) is 0.545. The Morgan fingerprint density at radius 1 is 1.00 bits per heavy atom.